The molecule has 1 aromatic carbocycles. The highest BCUT2D eigenvalue weighted by Crippen LogP contribution is 2.26. The van der Waals surface area contributed by atoms with Crippen LogP contribution >= 0.6 is 0 Å². The van der Waals surface area contributed by atoms with Gasteiger partial charge in [0, 0.05) is 19.2 Å². The van der Waals surface area contributed by atoms with Gasteiger partial charge in [0.1, 0.15) is 0 Å². The van der Waals surface area contributed by atoms with E-state index in [9.17, 15) is 18.0 Å². The van der Waals surface area contributed by atoms with Crippen molar-refractivity contribution in [3.05, 3.63) is 28.7 Å². The molecule has 21 heavy (non-hydrogen) atoms. The molecule has 3 rings (SSSR count). The minimum Gasteiger partial charge on any atom is -0.481 e. The molecule has 2 aromatic rings. The summed E-state index contributed by atoms with van der Waals surface area (Å²) in [6.45, 7) is 0.112. The van der Waals surface area contributed by atoms with Gasteiger partial charge in [-0.1, -0.05) is 0 Å². The van der Waals surface area contributed by atoms with Crippen LogP contribution in [0.2, 0.25) is 0 Å². The summed E-state index contributed by atoms with van der Waals surface area (Å²) in [5, 5.41) is 8.94. The van der Waals surface area contributed by atoms with E-state index >= 15 is 0 Å². The van der Waals surface area contributed by atoms with Crippen LogP contribution in [0.15, 0.2) is 32.3 Å². The third-order valence-corrected chi connectivity index (χ3v) is 5.39. The van der Waals surface area contributed by atoms with Crippen molar-refractivity contribution in [2.24, 2.45) is 5.92 Å². The fourth-order valence-electron chi connectivity index (χ4n) is 2.38. The molecule has 1 fully saturated rings. The van der Waals surface area contributed by atoms with Crippen molar-refractivity contribution in [3.63, 3.8) is 0 Å². The van der Waals surface area contributed by atoms with E-state index in [1.807, 2.05) is 0 Å². The van der Waals surface area contributed by atoms with Crippen LogP contribution < -0.4 is 5.76 Å². The maximum Gasteiger partial charge on any atom is 0.417 e. The van der Waals surface area contributed by atoms with Crippen LogP contribution in [0, 0.1) is 5.92 Å². The second kappa shape index (κ2) is 4.71. The topological polar surface area (TPSA) is 121 Å². The van der Waals surface area contributed by atoms with Crippen LogP contribution in [0.25, 0.3) is 11.1 Å². The molecule has 1 atom stereocenters. The van der Waals surface area contributed by atoms with E-state index in [4.69, 9.17) is 9.52 Å². The Morgan fingerprint density at radius 3 is 2.86 bits per heavy atom. The average Bonchev–Trinajstić information content (AvgIpc) is 3.03. The summed E-state index contributed by atoms with van der Waals surface area (Å²) in [5.41, 5.74) is 0.554. The lowest BCUT2D eigenvalue weighted by Gasteiger charge is -2.15. The SMILES string of the molecule is O=C(O)C1CCN(S(=O)(=O)c2ccc3[nH]c(=O)oc3c2)C1. The largest absolute Gasteiger partial charge is 0.481 e. The lowest BCUT2D eigenvalue weighted by atomic mass is 10.1. The van der Waals surface area contributed by atoms with Crippen LogP contribution in [0.3, 0.4) is 0 Å². The molecule has 1 saturated heterocycles. The van der Waals surface area contributed by atoms with Gasteiger partial charge in [-0.05, 0) is 18.6 Å². The summed E-state index contributed by atoms with van der Waals surface area (Å²) >= 11 is 0. The summed E-state index contributed by atoms with van der Waals surface area (Å²) in [6, 6.07) is 4.06. The molecule has 0 radical (unpaired) electrons. The Kier molecular flexibility index (Phi) is 3.10. The minimum absolute atomic E-state index is 0.0243. The van der Waals surface area contributed by atoms with Crippen LogP contribution in [0.4, 0.5) is 0 Å². The van der Waals surface area contributed by atoms with Crippen LogP contribution in [-0.2, 0) is 14.8 Å². The van der Waals surface area contributed by atoms with Crippen molar-refractivity contribution >= 4 is 27.1 Å². The summed E-state index contributed by atoms with van der Waals surface area (Å²) in [7, 11) is -3.79. The zero-order valence-corrected chi connectivity index (χ0v) is 11.6. The fourth-order valence-corrected chi connectivity index (χ4v) is 3.90. The number of benzene rings is 1. The number of nitrogens with zero attached hydrogens (tertiary/aromatic N) is 1. The maximum absolute atomic E-state index is 12.5. The first kappa shape index (κ1) is 13.8. The Morgan fingerprint density at radius 2 is 2.19 bits per heavy atom. The van der Waals surface area contributed by atoms with Gasteiger partial charge in [-0.3, -0.25) is 9.78 Å². The van der Waals surface area contributed by atoms with Crippen LogP contribution in [0.1, 0.15) is 6.42 Å². The van der Waals surface area contributed by atoms with Gasteiger partial charge in [0.15, 0.2) is 5.58 Å². The molecule has 0 saturated carbocycles. The highest BCUT2D eigenvalue weighted by atomic mass is 32.2. The summed E-state index contributed by atoms with van der Waals surface area (Å²) in [6.07, 6.45) is 0.288. The van der Waals surface area contributed by atoms with E-state index in [2.05, 4.69) is 4.98 Å². The Morgan fingerprint density at radius 1 is 1.43 bits per heavy atom. The molecule has 0 spiro atoms. The summed E-state index contributed by atoms with van der Waals surface area (Å²) in [4.78, 5) is 24.4. The fraction of sp³-hybridized carbons (Fsp3) is 0.333. The number of H-pyrrole nitrogens is 1. The monoisotopic (exact) mass is 312 g/mol. The van der Waals surface area contributed by atoms with Gasteiger partial charge in [-0.15, -0.1) is 0 Å². The van der Waals surface area contributed by atoms with Crippen molar-refractivity contribution < 1.29 is 22.7 Å². The smallest absolute Gasteiger partial charge is 0.417 e. The van der Waals surface area contributed by atoms with Crippen molar-refractivity contribution in [3.8, 4) is 0 Å². The van der Waals surface area contributed by atoms with Gasteiger partial charge in [-0.2, -0.15) is 4.31 Å². The number of aromatic nitrogens is 1. The zero-order chi connectivity index (χ0) is 15.2. The molecule has 112 valence electrons. The maximum atomic E-state index is 12.5. The van der Waals surface area contributed by atoms with E-state index in [1.165, 1.54) is 18.2 Å². The predicted molar refractivity (Wildman–Crippen MR) is 71.3 cm³/mol. The number of aromatic amines is 1. The standard InChI is InChI=1S/C12H12N2O6S/c15-11(16)7-3-4-14(6-7)21(18,19)8-1-2-9-10(5-8)20-12(17)13-9/h1-2,5,7H,3-4,6H2,(H,13,17)(H,15,16). The molecule has 9 heteroatoms. The minimum atomic E-state index is -3.79. The molecule has 0 aliphatic carbocycles. The number of nitrogens with one attached hydrogen (secondary N) is 1. The van der Waals surface area contributed by atoms with Gasteiger partial charge in [0.05, 0.1) is 16.3 Å². The third kappa shape index (κ3) is 2.34. The number of hydrogen-bond acceptors (Lipinski definition) is 5. The second-order valence-corrected chi connectivity index (χ2v) is 6.80. The molecule has 1 unspecified atom stereocenters. The van der Waals surface area contributed by atoms with Gasteiger partial charge >= 0.3 is 11.7 Å². The number of carboxylic acids is 1. The van der Waals surface area contributed by atoms with Crippen molar-refractivity contribution in [1.82, 2.24) is 9.29 Å². The lowest BCUT2D eigenvalue weighted by Crippen LogP contribution is -2.30. The van der Waals surface area contributed by atoms with Crippen molar-refractivity contribution in [1.29, 1.82) is 0 Å². The number of carboxylic acid groups (broad SMARTS) is 1. The third-order valence-electron chi connectivity index (χ3n) is 3.53. The number of oxazole rings is 1. The first-order valence-corrected chi connectivity index (χ1v) is 7.68. The average molecular weight is 312 g/mol. The molecule has 2 heterocycles. The van der Waals surface area contributed by atoms with E-state index < -0.39 is 27.7 Å². The molecule has 1 aliphatic heterocycles. The second-order valence-electron chi connectivity index (χ2n) is 4.86. The van der Waals surface area contributed by atoms with E-state index in [-0.39, 0.29) is 30.0 Å². The van der Waals surface area contributed by atoms with E-state index in [0.29, 0.717) is 5.52 Å². The quantitative estimate of drug-likeness (QED) is 0.836. The zero-order valence-electron chi connectivity index (χ0n) is 10.8. The van der Waals surface area contributed by atoms with Gasteiger partial charge in [-0.25, -0.2) is 13.2 Å². The number of aliphatic carboxylic acids is 1. The number of sulfonamides is 1. The number of rotatable bonds is 3. The normalized spacial score (nSPS) is 20.1. The van der Waals surface area contributed by atoms with Crippen LogP contribution in [-0.4, -0.2) is 41.9 Å². The number of hydrogen-bond donors (Lipinski definition) is 2. The molecule has 8 nitrogen and oxygen atoms in total. The summed E-state index contributed by atoms with van der Waals surface area (Å²) < 4.78 is 30.9. The highest BCUT2D eigenvalue weighted by molar-refractivity contribution is 7.89. The van der Waals surface area contributed by atoms with Crippen molar-refractivity contribution in [2.75, 3.05) is 13.1 Å². The van der Waals surface area contributed by atoms with Crippen molar-refractivity contribution in [2.45, 2.75) is 11.3 Å². The molecule has 0 amide bonds. The number of carbonyl (C=O) groups is 1. The van der Waals surface area contributed by atoms with Crippen LogP contribution in [0.5, 0.6) is 0 Å². The Bertz CT molecular complexity index is 865. The van der Waals surface area contributed by atoms with Gasteiger partial charge < -0.3 is 9.52 Å². The number of fused-ring (bicyclic) bond motifs is 1. The highest BCUT2D eigenvalue weighted by Gasteiger charge is 2.35. The molecule has 1 aromatic heterocycles. The Hall–Kier alpha value is -2.13. The first-order chi connectivity index (χ1) is 9.88. The molecule has 1 aliphatic rings. The first-order valence-electron chi connectivity index (χ1n) is 6.24. The van der Waals surface area contributed by atoms with Gasteiger partial charge in [0.25, 0.3) is 0 Å². The predicted octanol–water partition coefficient (Wildman–Crippen LogP) is 0.216. The Balaban J connectivity index is 1.96. The molecular weight excluding hydrogens is 300 g/mol. The molecule has 2 N–H and O–H groups in total. The lowest BCUT2D eigenvalue weighted by molar-refractivity contribution is -0.141. The molecule has 0 bridgehead atoms. The Labute approximate surface area is 119 Å². The molecular formula is C12H12N2O6S. The van der Waals surface area contributed by atoms with Gasteiger partial charge in [0.2, 0.25) is 10.0 Å². The van der Waals surface area contributed by atoms with E-state index in [0.717, 1.165) is 4.31 Å². The van der Waals surface area contributed by atoms with E-state index in [1.54, 1.807) is 0 Å². The summed E-state index contributed by atoms with van der Waals surface area (Å²) in [5.74, 6) is -2.35.